The number of nitrogens with zero attached hydrogens (tertiary/aromatic N) is 2. The van der Waals surface area contributed by atoms with Crippen LogP contribution in [-0.2, 0) is 40.0 Å². The van der Waals surface area contributed by atoms with E-state index in [1.807, 2.05) is 19.9 Å². The summed E-state index contributed by atoms with van der Waals surface area (Å²) in [6.07, 6.45) is 3.37. The lowest BCUT2D eigenvalue weighted by atomic mass is 10.00. The zero-order valence-electron chi connectivity index (χ0n) is 38.4. The van der Waals surface area contributed by atoms with Crippen molar-refractivity contribution in [3.8, 4) is 0 Å². The quantitative estimate of drug-likeness (QED) is 0.0213. The van der Waals surface area contributed by atoms with Gasteiger partial charge in [0.05, 0.1) is 6.04 Å². The van der Waals surface area contributed by atoms with Crippen molar-refractivity contribution >= 4 is 53.3 Å². The number of guanidine groups is 2. The Bertz CT molecular complexity index is 1750. The molecule has 1 aliphatic heterocycles. The average Bonchev–Trinajstić information content (AvgIpc) is 3.79. The van der Waals surface area contributed by atoms with E-state index >= 15 is 0 Å². The van der Waals surface area contributed by atoms with Crippen molar-refractivity contribution in [2.45, 2.75) is 141 Å². The number of hydrogen-bond donors (Lipinski definition) is 13. The minimum Gasteiger partial charge on any atom is -0.370 e. The number of primary amides is 1. The van der Waals surface area contributed by atoms with E-state index in [0.29, 0.717) is 32.4 Å². The fourth-order valence-electron chi connectivity index (χ4n) is 7.13. The van der Waals surface area contributed by atoms with Crippen LogP contribution in [0.3, 0.4) is 0 Å². The number of carbonyl (C=O) groups excluding carboxylic acids is 7. The lowest BCUT2D eigenvalue weighted by molar-refractivity contribution is -0.136. The molecule has 65 heavy (non-hydrogen) atoms. The maximum atomic E-state index is 14.3. The summed E-state index contributed by atoms with van der Waals surface area (Å²) >= 11 is 0. The maximum absolute atomic E-state index is 14.3. The monoisotopic (exact) mass is 914 g/mol. The number of aliphatic imine (C=N–C) groups is 2. The van der Waals surface area contributed by atoms with E-state index in [1.165, 1.54) is 0 Å². The summed E-state index contributed by atoms with van der Waals surface area (Å²) in [7, 11) is 0. The number of nitrogens with one attached hydrogen (secondary N) is 7. The number of amides is 7. The molecule has 22 nitrogen and oxygen atoms in total. The molecule has 0 radical (unpaired) electrons. The van der Waals surface area contributed by atoms with E-state index in [9.17, 15) is 33.6 Å². The Hall–Kier alpha value is -6.03. The Morgan fingerprint density at radius 2 is 1.11 bits per heavy atom. The van der Waals surface area contributed by atoms with Gasteiger partial charge in [-0.2, -0.15) is 0 Å². The minimum atomic E-state index is -1.27. The van der Waals surface area contributed by atoms with E-state index in [1.54, 1.807) is 38.1 Å². The Kier molecular flexibility index (Phi) is 24.9. The van der Waals surface area contributed by atoms with Crippen LogP contribution in [-0.4, -0.2) is 122 Å². The number of nitrogens with two attached hydrogens (primary N) is 6. The Morgan fingerprint density at radius 1 is 0.631 bits per heavy atom. The first-order valence-electron chi connectivity index (χ1n) is 22.5. The van der Waals surface area contributed by atoms with E-state index in [0.717, 1.165) is 12.0 Å². The second-order valence-electron chi connectivity index (χ2n) is 17.1. The molecular weight excluding hydrogens is 839 g/mol. The first-order chi connectivity index (χ1) is 30.8. The van der Waals surface area contributed by atoms with Crippen molar-refractivity contribution < 1.29 is 33.6 Å². The molecular formula is C43H75N15O7. The summed E-state index contributed by atoms with van der Waals surface area (Å²) in [6.45, 7) is 8.49. The number of unbranched alkanes of at least 4 members (excludes halogenated alkanes) is 1. The molecule has 0 aromatic heterocycles. The molecule has 1 fully saturated rings. The Morgan fingerprint density at radius 3 is 1.55 bits per heavy atom. The third-order valence-corrected chi connectivity index (χ3v) is 10.6. The van der Waals surface area contributed by atoms with Crippen molar-refractivity contribution in [1.82, 2.24) is 37.2 Å². The lowest BCUT2D eigenvalue weighted by Crippen LogP contribution is -2.60. The van der Waals surface area contributed by atoms with Crippen LogP contribution < -0.4 is 71.6 Å². The van der Waals surface area contributed by atoms with Crippen molar-refractivity contribution in [1.29, 1.82) is 0 Å². The Labute approximate surface area is 382 Å². The van der Waals surface area contributed by atoms with Crippen LogP contribution in [0, 0.1) is 11.8 Å². The molecule has 1 aliphatic rings. The largest absolute Gasteiger partial charge is 0.370 e. The standard InChI is InChI=1S/C43H75N15O7/c1-25(2)23-33(40(64)56-32(35(45)59)24-27-13-6-5-7-14-27)57-39(63)31(18-12-22-52-43(48)49)54-38(62)30(17-11-21-51-42(46)47)53-37(61)29(15-8-9-19-44)55-41(65)34(26(3)4)58-36(60)28-16-10-20-50-28/h5-7,13-14,25-26,28-34,50H,8-12,15-24,44H2,1-4H3,(H2,45,59)(H,53,61)(H,54,62)(H,55,65)(H,56,64)(H,57,63)(H,58,60)(H4,46,47,51)(H4,48,49,52)/t28-,29-,30-,31-,32-,33-,34-/m0/s1. The summed E-state index contributed by atoms with van der Waals surface area (Å²) in [4.78, 5) is 103. The molecule has 22 heteroatoms. The highest BCUT2D eigenvalue weighted by atomic mass is 16.2. The van der Waals surface area contributed by atoms with Gasteiger partial charge in [0.15, 0.2) is 11.9 Å². The van der Waals surface area contributed by atoms with Gasteiger partial charge in [0.1, 0.15) is 36.3 Å². The van der Waals surface area contributed by atoms with Gasteiger partial charge in [-0.05, 0) is 94.7 Å². The first kappa shape index (κ1) is 55.1. The maximum Gasteiger partial charge on any atom is 0.243 e. The third-order valence-electron chi connectivity index (χ3n) is 10.6. The van der Waals surface area contributed by atoms with E-state index in [2.05, 4.69) is 47.2 Å². The average molecular weight is 914 g/mol. The molecule has 0 bridgehead atoms. The van der Waals surface area contributed by atoms with Crippen LogP contribution in [0.15, 0.2) is 40.3 Å². The molecule has 1 aromatic carbocycles. The third kappa shape index (κ3) is 21.5. The summed E-state index contributed by atoms with van der Waals surface area (Å²) in [5, 5.41) is 19.6. The Balaban J connectivity index is 2.41. The summed E-state index contributed by atoms with van der Waals surface area (Å²) in [5.41, 5.74) is 34.3. The van der Waals surface area contributed by atoms with Crippen LogP contribution in [0.25, 0.3) is 0 Å². The number of benzene rings is 1. The van der Waals surface area contributed by atoms with Gasteiger partial charge in [-0.3, -0.25) is 43.5 Å². The molecule has 1 saturated heterocycles. The fraction of sp³-hybridized carbons (Fsp3) is 0.651. The smallest absolute Gasteiger partial charge is 0.243 e. The van der Waals surface area contributed by atoms with Gasteiger partial charge in [-0.25, -0.2) is 0 Å². The van der Waals surface area contributed by atoms with E-state index in [4.69, 9.17) is 34.4 Å². The van der Waals surface area contributed by atoms with E-state index < -0.39 is 77.7 Å². The zero-order valence-corrected chi connectivity index (χ0v) is 38.4. The normalized spacial score (nSPS) is 16.1. The van der Waals surface area contributed by atoms with Crippen LogP contribution in [0.1, 0.15) is 97.5 Å². The topological polar surface area (TPSA) is 385 Å². The van der Waals surface area contributed by atoms with E-state index in [-0.39, 0.29) is 87.7 Å². The second-order valence-corrected chi connectivity index (χ2v) is 17.1. The summed E-state index contributed by atoms with van der Waals surface area (Å²) < 4.78 is 0. The molecule has 0 aliphatic carbocycles. The fourth-order valence-corrected chi connectivity index (χ4v) is 7.13. The number of carbonyl (C=O) groups is 7. The second kappa shape index (κ2) is 29.4. The predicted molar refractivity (Wildman–Crippen MR) is 249 cm³/mol. The van der Waals surface area contributed by atoms with Crippen LogP contribution >= 0.6 is 0 Å². The first-order valence-corrected chi connectivity index (χ1v) is 22.5. The highest BCUT2D eigenvalue weighted by Crippen LogP contribution is 2.13. The molecule has 7 amide bonds. The lowest BCUT2D eigenvalue weighted by Gasteiger charge is -2.28. The highest BCUT2D eigenvalue weighted by molar-refractivity contribution is 5.97. The van der Waals surface area contributed by atoms with Gasteiger partial charge >= 0.3 is 0 Å². The van der Waals surface area contributed by atoms with Crippen molar-refractivity contribution in [3.63, 3.8) is 0 Å². The van der Waals surface area contributed by atoms with Crippen molar-refractivity contribution in [3.05, 3.63) is 35.9 Å². The van der Waals surface area contributed by atoms with Gasteiger partial charge in [0.25, 0.3) is 0 Å². The SMILES string of the molecule is CC(C)C[C@H](NC(=O)[C@H](CCCN=C(N)N)NC(=O)[C@H](CCCN=C(N)N)NC(=O)[C@H](CCCCN)NC(=O)[C@@H](NC(=O)[C@@H]1CCCN1)C(C)C)C(=O)N[C@@H](Cc1ccccc1)C(N)=O. The van der Waals surface area contributed by atoms with Crippen LogP contribution in [0.4, 0.5) is 0 Å². The minimum absolute atomic E-state index is 0.00736. The van der Waals surface area contributed by atoms with Gasteiger partial charge in [0.2, 0.25) is 41.4 Å². The number of rotatable bonds is 30. The van der Waals surface area contributed by atoms with Crippen molar-refractivity contribution in [2.24, 2.45) is 56.2 Å². The highest BCUT2D eigenvalue weighted by Gasteiger charge is 2.35. The van der Waals surface area contributed by atoms with Crippen LogP contribution in [0.5, 0.6) is 0 Å². The summed E-state index contributed by atoms with van der Waals surface area (Å²) in [5.74, 6) is -5.25. The number of hydrogen-bond acceptors (Lipinski definition) is 11. The molecule has 1 heterocycles. The molecule has 2 rings (SSSR count). The summed E-state index contributed by atoms with van der Waals surface area (Å²) in [6, 6.07) is 1.70. The van der Waals surface area contributed by atoms with Gasteiger partial charge in [-0.1, -0.05) is 58.0 Å². The van der Waals surface area contributed by atoms with Crippen molar-refractivity contribution in [2.75, 3.05) is 26.2 Å². The molecule has 0 spiro atoms. The van der Waals surface area contributed by atoms with Gasteiger partial charge in [0, 0.05) is 19.5 Å². The molecule has 19 N–H and O–H groups in total. The molecule has 0 saturated carbocycles. The van der Waals surface area contributed by atoms with Gasteiger partial charge < -0.3 is 71.6 Å². The van der Waals surface area contributed by atoms with Crippen LogP contribution in [0.2, 0.25) is 0 Å². The zero-order chi connectivity index (χ0) is 48.5. The molecule has 1 aromatic rings. The molecule has 0 unspecified atom stereocenters. The predicted octanol–water partition coefficient (Wildman–Crippen LogP) is -2.69. The van der Waals surface area contributed by atoms with Gasteiger partial charge in [-0.15, -0.1) is 0 Å². The molecule has 7 atom stereocenters. The molecule has 364 valence electrons.